The highest BCUT2D eigenvalue weighted by molar-refractivity contribution is 5.62. The van der Waals surface area contributed by atoms with Crippen molar-refractivity contribution < 1.29 is 4.92 Å². The van der Waals surface area contributed by atoms with Crippen LogP contribution in [0.1, 0.15) is 11.1 Å². The first-order valence-corrected chi connectivity index (χ1v) is 6.60. The lowest BCUT2D eigenvalue weighted by Crippen LogP contribution is -2.17. The summed E-state index contributed by atoms with van der Waals surface area (Å²) in [5, 5.41) is 18.0. The number of aryl methyl sites for hydroxylation is 1. The monoisotopic (exact) mass is 289 g/mol. The molecule has 0 fully saturated rings. The van der Waals surface area contributed by atoms with Gasteiger partial charge in [0.2, 0.25) is 0 Å². The lowest BCUT2D eigenvalue weighted by molar-refractivity contribution is -0.384. The van der Waals surface area contributed by atoms with E-state index in [4.69, 9.17) is 0 Å². The average molecular weight is 289 g/mol. The Morgan fingerprint density at radius 2 is 2.10 bits per heavy atom. The summed E-state index contributed by atoms with van der Waals surface area (Å²) in [5.74, 6) is 0. The Morgan fingerprint density at radius 3 is 2.67 bits per heavy atom. The van der Waals surface area contributed by atoms with Crippen molar-refractivity contribution in [1.82, 2.24) is 14.7 Å². The van der Waals surface area contributed by atoms with Crippen molar-refractivity contribution in [1.29, 1.82) is 0 Å². The molecule has 0 saturated carbocycles. The molecule has 7 nitrogen and oxygen atoms in total. The Hall–Kier alpha value is -2.41. The van der Waals surface area contributed by atoms with Gasteiger partial charge in [0.05, 0.1) is 11.1 Å². The van der Waals surface area contributed by atoms with Gasteiger partial charge in [-0.15, -0.1) is 0 Å². The van der Waals surface area contributed by atoms with Crippen molar-refractivity contribution >= 4 is 11.4 Å². The first-order valence-electron chi connectivity index (χ1n) is 6.60. The number of benzene rings is 1. The summed E-state index contributed by atoms with van der Waals surface area (Å²) in [6, 6.07) is 5.26. The Bertz CT molecular complexity index is 638. The van der Waals surface area contributed by atoms with E-state index in [0.717, 1.165) is 17.7 Å². The molecule has 2 aromatic rings. The first kappa shape index (κ1) is 15.0. The highest BCUT2D eigenvalue weighted by Gasteiger charge is 2.14. The standard InChI is InChI=1S/C14H19N5O2/c1-15-13-5-4-11(6-14(13)19(20)21)8-17(2)9-12-7-16-18(3)10-12/h4-7,10,15H,8-9H2,1-3H3. The number of nitro groups is 1. The van der Waals surface area contributed by atoms with Gasteiger partial charge in [-0.3, -0.25) is 19.7 Å². The summed E-state index contributed by atoms with van der Waals surface area (Å²) in [6.45, 7) is 1.38. The molecule has 1 aromatic carbocycles. The number of nitro benzene ring substituents is 1. The summed E-state index contributed by atoms with van der Waals surface area (Å²) in [4.78, 5) is 12.8. The van der Waals surface area contributed by atoms with Crippen molar-refractivity contribution in [3.8, 4) is 0 Å². The van der Waals surface area contributed by atoms with Crippen LogP contribution in [-0.2, 0) is 20.1 Å². The first-order chi connectivity index (χ1) is 9.99. The van der Waals surface area contributed by atoms with Crippen LogP contribution in [0.3, 0.4) is 0 Å². The van der Waals surface area contributed by atoms with Crippen LogP contribution in [0.15, 0.2) is 30.6 Å². The summed E-state index contributed by atoms with van der Waals surface area (Å²) >= 11 is 0. The van der Waals surface area contributed by atoms with Gasteiger partial charge < -0.3 is 5.32 Å². The van der Waals surface area contributed by atoms with E-state index >= 15 is 0 Å². The van der Waals surface area contributed by atoms with E-state index in [1.165, 1.54) is 0 Å². The second-order valence-corrected chi connectivity index (χ2v) is 5.05. The number of hydrogen-bond acceptors (Lipinski definition) is 5. The molecular weight excluding hydrogens is 270 g/mol. The topological polar surface area (TPSA) is 76.2 Å². The molecule has 21 heavy (non-hydrogen) atoms. The third-order valence-corrected chi connectivity index (χ3v) is 3.19. The fraction of sp³-hybridized carbons (Fsp3) is 0.357. The molecule has 0 radical (unpaired) electrons. The van der Waals surface area contributed by atoms with Crippen molar-refractivity contribution in [2.75, 3.05) is 19.4 Å². The molecule has 0 spiro atoms. The third-order valence-electron chi connectivity index (χ3n) is 3.19. The van der Waals surface area contributed by atoms with Crippen LogP contribution in [-0.4, -0.2) is 33.7 Å². The number of hydrogen-bond donors (Lipinski definition) is 1. The molecule has 2 rings (SSSR count). The van der Waals surface area contributed by atoms with E-state index < -0.39 is 0 Å². The van der Waals surface area contributed by atoms with Gasteiger partial charge in [-0.25, -0.2) is 0 Å². The van der Waals surface area contributed by atoms with Gasteiger partial charge in [0, 0.05) is 45.0 Å². The maximum atomic E-state index is 11.1. The highest BCUT2D eigenvalue weighted by Crippen LogP contribution is 2.25. The van der Waals surface area contributed by atoms with E-state index in [1.54, 1.807) is 23.9 Å². The molecule has 112 valence electrons. The Morgan fingerprint density at radius 1 is 1.38 bits per heavy atom. The largest absolute Gasteiger partial charge is 0.383 e. The minimum absolute atomic E-state index is 0.102. The second kappa shape index (κ2) is 6.36. The fourth-order valence-electron chi connectivity index (χ4n) is 2.27. The van der Waals surface area contributed by atoms with Crippen molar-refractivity contribution in [3.05, 3.63) is 51.8 Å². The van der Waals surface area contributed by atoms with Crippen molar-refractivity contribution in [2.45, 2.75) is 13.1 Å². The van der Waals surface area contributed by atoms with Crippen LogP contribution in [0.5, 0.6) is 0 Å². The molecule has 0 amide bonds. The van der Waals surface area contributed by atoms with Crippen LogP contribution in [0.2, 0.25) is 0 Å². The van der Waals surface area contributed by atoms with Crippen LogP contribution >= 0.6 is 0 Å². The van der Waals surface area contributed by atoms with Crippen LogP contribution < -0.4 is 5.32 Å². The average Bonchev–Trinajstić information content (AvgIpc) is 2.83. The molecule has 7 heteroatoms. The van der Waals surface area contributed by atoms with Gasteiger partial charge >= 0.3 is 0 Å². The quantitative estimate of drug-likeness (QED) is 0.650. The third kappa shape index (κ3) is 3.79. The Kier molecular flexibility index (Phi) is 4.54. The van der Waals surface area contributed by atoms with Gasteiger partial charge in [0.1, 0.15) is 5.69 Å². The van der Waals surface area contributed by atoms with Gasteiger partial charge in [0.15, 0.2) is 0 Å². The number of rotatable bonds is 6. The predicted octanol–water partition coefficient (Wildman–Crippen LogP) is 2.00. The van der Waals surface area contributed by atoms with Gasteiger partial charge in [-0.2, -0.15) is 5.10 Å². The molecule has 0 aliphatic carbocycles. The van der Waals surface area contributed by atoms with E-state index in [1.807, 2.05) is 32.6 Å². The zero-order chi connectivity index (χ0) is 15.4. The molecule has 0 atom stereocenters. The summed E-state index contributed by atoms with van der Waals surface area (Å²) < 4.78 is 1.76. The van der Waals surface area contributed by atoms with Gasteiger partial charge in [-0.05, 0) is 18.7 Å². The van der Waals surface area contributed by atoms with Crippen molar-refractivity contribution in [2.24, 2.45) is 7.05 Å². The zero-order valence-corrected chi connectivity index (χ0v) is 12.4. The molecule has 0 saturated heterocycles. The summed E-state index contributed by atoms with van der Waals surface area (Å²) in [7, 11) is 5.53. The summed E-state index contributed by atoms with van der Waals surface area (Å²) in [5.41, 5.74) is 2.65. The molecule has 1 heterocycles. The molecule has 0 aliphatic rings. The smallest absolute Gasteiger partial charge is 0.292 e. The number of nitrogens with one attached hydrogen (secondary N) is 1. The molecule has 0 bridgehead atoms. The lowest BCUT2D eigenvalue weighted by Gasteiger charge is -2.16. The maximum Gasteiger partial charge on any atom is 0.292 e. The minimum atomic E-state index is -0.365. The molecule has 1 aromatic heterocycles. The molecule has 0 aliphatic heterocycles. The highest BCUT2D eigenvalue weighted by atomic mass is 16.6. The SMILES string of the molecule is CNc1ccc(CN(C)Cc2cnn(C)c2)cc1[N+](=O)[O-]. The predicted molar refractivity (Wildman–Crippen MR) is 81.0 cm³/mol. The summed E-state index contributed by atoms with van der Waals surface area (Å²) in [6.07, 6.45) is 3.78. The van der Waals surface area contributed by atoms with E-state index in [0.29, 0.717) is 12.2 Å². The Labute approximate surface area is 123 Å². The number of anilines is 1. The second-order valence-electron chi connectivity index (χ2n) is 5.05. The normalized spacial score (nSPS) is 10.9. The Balaban J connectivity index is 2.08. The minimum Gasteiger partial charge on any atom is -0.383 e. The molecule has 1 N–H and O–H groups in total. The van der Waals surface area contributed by atoms with Crippen LogP contribution in [0, 0.1) is 10.1 Å². The molecule has 0 unspecified atom stereocenters. The molecular formula is C14H19N5O2. The number of aromatic nitrogens is 2. The van der Waals surface area contributed by atoms with Crippen molar-refractivity contribution in [3.63, 3.8) is 0 Å². The van der Waals surface area contributed by atoms with Gasteiger partial charge in [-0.1, -0.05) is 6.07 Å². The van der Waals surface area contributed by atoms with Gasteiger partial charge in [0.25, 0.3) is 5.69 Å². The van der Waals surface area contributed by atoms with Crippen LogP contribution in [0.4, 0.5) is 11.4 Å². The van der Waals surface area contributed by atoms with Crippen LogP contribution in [0.25, 0.3) is 0 Å². The number of nitrogens with zero attached hydrogens (tertiary/aromatic N) is 4. The van der Waals surface area contributed by atoms with E-state index in [2.05, 4.69) is 15.3 Å². The van der Waals surface area contributed by atoms with E-state index in [-0.39, 0.29) is 10.6 Å². The lowest BCUT2D eigenvalue weighted by atomic mass is 10.1. The van der Waals surface area contributed by atoms with E-state index in [9.17, 15) is 10.1 Å². The maximum absolute atomic E-state index is 11.1. The fourth-order valence-corrected chi connectivity index (χ4v) is 2.27. The zero-order valence-electron chi connectivity index (χ0n) is 12.4.